The van der Waals surface area contributed by atoms with E-state index in [4.69, 9.17) is 16.0 Å². The lowest BCUT2D eigenvalue weighted by Crippen LogP contribution is -2.47. The van der Waals surface area contributed by atoms with Crippen molar-refractivity contribution < 1.29 is 13.4 Å². The molecule has 0 aliphatic carbocycles. The van der Waals surface area contributed by atoms with Crippen LogP contribution in [0.15, 0.2) is 40.8 Å². The summed E-state index contributed by atoms with van der Waals surface area (Å²) in [7, 11) is -1.24. The monoisotopic (exact) mass is 390 g/mol. The van der Waals surface area contributed by atoms with E-state index < -0.39 is 10.8 Å². The van der Waals surface area contributed by atoms with Gasteiger partial charge >= 0.3 is 0 Å². The molecule has 26 heavy (non-hydrogen) atoms. The van der Waals surface area contributed by atoms with E-state index in [1.807, 2.05) is 30.3 Å². The van der Waals surface area contributed by atoms with Gasteiger partial charge in [0.1, 0.15) is 11.3 Å². The highest BCUT2D eigenvalue weighted by Crippen LogP contribution is 2.33. The van der Waals surface area contributed by atoms with E-state index in [2.05, 4.69) is 5.32 Å². The third kappa shape index (κ3) is 3.49. The van der Waals surface area contributed by atoms with Gasteiger partial charge in [-0.3, -0.25) is 9.00 Å². The van der Waals surface area contributed by atoms with Gasteiger partial charge in [0.15, 0.2) is 5.58 Å². The molecule has 1 fully saturated rings. The van der Waals surface area contributed by atoms with E-state index in [-0.39, 0.29) is 11.7 Å². The van der Waals surface area contributed by atoms with E-state index in [1.165, 1.54) is 0 Å². The normalized spacial score (nSPS) is 16.3. The zero-order valence-corrected chi connectivity index (χ0v) is 15.7. The van der Waals surface area contributed by atoms with Gasteiger partial charge in [-0.1, -0.05) is 29.8 Å². The van der Waals surface area contributed by atoms with Crippen molar-refractivity contribution in [2.24, 2.45) is 0 Å². The summed E-state index contributed by atoms with van der Waals surface area (Å²) in [5.74, 6) is 0.378. The first-order chi connectivity index (χ1) is 12.6. The van der Waals surface area contributed by atoms with Crippen molar-refractivity contribution in [2.75, 3.05) is 31.9 Å². The lowest BCUT2D eigenvalue weighted by molar-refractivity contribution is -0.128. The van der Waals surface area contributed by atoms with Crippen molar-refractivity contribution in [1.29, 1.82) is 0 Å². The standard InChI is InChI=1S/C19H19ClN2O3S/c20-16-3-1-2-14-15-10-13(4-5-17(15)25-19(14)16)11-26(24)12-18(23)22-8-6-21-7-9-22/h1-5,10,21H,6-9,11-12H2. The molecule has 2 aromatic carbocycles. The van der Waals surface area contributed by atoms with Crippen molar-refractivity contribution in [1.82, 2.24) is 10.2 Å². The van der Waals surface area contributed by atoms with Crippen molar-refractivity contribution in [3.8, 4) is 0 Å². The second-order valence-corrected chi connectivity index (χ2v) is 8.27. The van der Waals surface area contributed by atoms with Gasteiger partial charge in [-0.15, -0.1) is 0 Å². The average Bonchev–Trinajstić information content (AvgIpc) is 3.02. The molecule has 1 saturated heterocycles. The number of halogens is 1. The molecule has 1 N–H and O–H groups in total. The summed E-state index contributed by atoms with van der Waals surface area (Å²) in [5.41, 5.74) is 2.34. The van der Waals surface area contributed by atoms with Crippen LogP contribution in [0, 0.1) is 0 Å². The molecule has 1 aliphatic heterocycles. The lowest BCUT2D eigenvalue weighted by atomic mass is 10.1. The van der Waals surface area contributed by atoms with Crippen molar-refractivity contribution in [2.45, 2.75) is 5.75 Å². The summed E-state index contributed by atoms with van der Waals surface area (Å²) in [6, 6.07) is 11.4. The maximum Gasteiger partial charge on any atom is 0.235 e. The molecule has 5 nitrogen and oxygen atoms in total. The van der Waals surface area contributed by atoms with Crippen LogP contribution in [-0.4, -0.2) is 46.9 Å². The first kappa shape index (κ1) is 17.5. The number of benzene rings is 2. The van der Waals surface area contributed by atoms with Gasteiger partial charge in [0, 0.05) is 53.5 Å². The Morgan fingerprint density at radius 2 is 2.00 bits per heavy atom. The fraction of sp³-hybridized carbons (Fsp3) is 0.316. The quantitative estimate of drug-likeness (QED) is 0.744. The molecular formula is C19H19ClN2O3S. The number of para-hydroxylation sites is 1. The SMILES string of the molecule is O=C(CS(=O)Cc1ccc2oc3c(Cl)cccc3c2c1)N1CCNCC1. The van der Waals surface area contributed by atoms with Crippen LogP contribution >= 0.6 is 11.6 Å². The molecule has 1 atom stereocenters. The maximum absolute atomic E-state index is 12.5. The molecule has 0 bridgehead atoms. The summed E-state index contributed by atoms with van der Waals surface area (Å²) in [4.78, 5) is 14.0. The number of nitrogens with zero attached hydrogens (tertiary/aromatic N) is 1. The fourth-order valence-corrected chi connectivity index (χ4v) is 4.61. The predicted molar refractivity (Wildman–Crippen MR) is 105 cm³/mol. The smallest absolute Gasteiger partial charge is 0.235 e. The Morgan fingerprint density at radius 3 is 2.81 bits per heavy atom. The number of nitrogens with one attached hydrogen (secondary N) is 1. The van der Waals surface area contributed by atoms with Crippen LogP contribution in [0.3, 0.4) is 0 Å². The molecule has 4 rings (SSSR count). The van der Waals surface area contributed by atoms with E-state index in [0.717, 1.165) is 35.0 Å². The van der Waals surface area contributed by atoms with Crippen LogP contribution in [0.2, 0.25) is 5.02 Å². The zero-order valence-electron chi connectivity index (χ0n) is 14.2. The van der Waals surface area contributed by atoms with Crippen molar-refractivity contribution >= 4 is 50.2 Å². The molecule has 0 radical (unpaired) electrons. The highest BCUT2D eigenvalue weighted by atomic mass is 35.5. The summed E-state index contributed by atoms with van der Waals surface area (Å²) in [6.45, 7) is 2.96. The van der Waals surface area contributed by atoms with E-state index in [0.29, 0.717) is 29.4 Å². The molecule has 7 heteroatoms. The maximum atomic E-state index is 12.5. The summed E-state index contributed by atoms with van der Waals surface area (Å²) >= 11 is 6.19. The van der Waals surface area contributed by atoms with E-state index in [1.54, 1.807) is 11.0 Å². The molecule has 3 aromatic rings. The van der Waals surface area contributed by atoms with Crippen LogP contribution in [0.1, 0.15) is 5.56 Å². The van der Waals surface area contributed by atoms with Gasteiger partial charge in [-0.2, -0.15) is 0 Å². The molecule has 0 spiro atoms. The Morgan fingerprint density at radius 1 is 1.19 bits per heavy atom. The van der Waals surface area contributed by atoms with Gasteiger partial charge in [0.05, 0.1) is 5.02 Å². The van der Waals surface area contributed by atoms with Gasteiger partial charge in [-0.05, 0) is 23.8 Å². The summed E-state index contributed by atoms with van der Waals surface area (Å²) < 4.78 is 18.3. The molecular weight excluding hydrogens is 372 g/mol. The Hall–Kier alpha value is -1.89. The van der Waals surface area contributed by atoms with E-state index in [9.17, 15) is 9.00 Å². The first-order valence-electron chi connectivity index (χ1n) is 8.55. The molecule has 2 heterocycles. The minimum absolute atomic E-state index is 0.0357. The number of piperazine rings is 1. The third-order valence-electron chi connectivity index (χ3n) is 4.59. The lowest BCUT2D eigenvalue weighted by Gasteiger charge is -2.27. The Labute approximate surface area is 158 Å². The number of fused-ring (bicyclic) bond motifs is 3. The zero-order chi connectivity index (χ0) is 18.1. The summed E-state index contributed by atoms with van der Waals surface area (Å²) in [6.07, 6.45) is 0. The minimum Gasteiger partial charge on any atom is -0.454 e. The number of hydrogen-bond acceptors (Lipinski definition) is 4. The molecule has 136 valence electrons. The number of hydrogen-bond donors (Lipinski definition) is 1. The second kappa shape index (κ2) is 7.39. The van der Waals surface area contributed by atoms with Crippen LogP contribution in [0.25, 0.3) is 21.9 Å². The molecule has 1 unspecified atom stereocenters. The highest BCUT2D eigenvalue weighted by molar-refractivity contribution is 7.84. The number of amides is 1. The predicted octanol–water partition coefficient (Wildman–Crippen LogP) is 2.92. The van der Waals surface area contributed by atoms with Crippen molar-refractivity contribution in [3.05, 3.63) is 47.0 Å². The van der Waals surface area contributed by atoms with Crippen LogP contribution < -0.4 is 5.32 Å². The largest absolute Gasteiger partial charge is 0.454 e. The topological polar surface area (TPSA) is 62.6 Å². The highest BCUT2D eigenvalue weighted by Gasteiger charge is 2.19. The van der Waals surface area contributed by atoms with Crippen LogP contribution in [0.4, 0.5) is 0 Å². The number of carbonyl (C=O) groups excluding carboxylic acids is 1. The average molecular weight is 391 g/mol. The molecule has 1 amide bonds. The molecule has 0 saturated carbocycles. The van der Waals surface area contributed by atoms with Crippen LogP contribution in [0.5, 0.6) is 0 Å². The third-order valence-corrected chi connectivity index (χ3v) is 6.12. The number of rotatable bonds is 4. The van der Waals surface area contributed by atoms with Gasteiger partial charge in [-0.25, -0.2) is 0 Å². The Kier molecular flexibility index (Phi) is 4.98. The molecule has 1 aliphatic rings. The number of furan rings is 1. The van der Waals surface area contributed by atoms with Gasteiger partial charge in [0.25, 0.3) is 0 Å². The van der Waals surface area contributed by atoms with E-state index >= 15 is 0 Å². The Bertz CT molecular complexity index is 995. The number of carbonyl (C=O) groups is 1. The summed E-state index contributed by atoms with van der Waals surface area (Å²) in [5, 5.41) is 5.67. The minimum atomic E-state index is -1.24. The fourth-order valence-electron chi connectivity index (χ4n) is 3.28. The van der Waals surface area contributed by atoms with Gasteiger partial charge < -0.3 is 14.6 Å². The van der Waals surface area contributed by atoms with Gasteiger partial charge in [0.2, 0.25) is 5.91 Å². The van der Waals surface area contributed by atoms with Crippen molar-refractivity contribution in [3.63, 3.8) is 0 Å². The molecule has 1 aromatic heterocycles. The first-order valence-corrected chi connectivity index (χ1v) is 10.4. The van der Waals surface area contributed by atoms with Crippen LogP contribution in [-0.2, 0) is 21.3 Å². The Balaban J connectivity index is 1.51. The second-order valence-electron chi connectivity index (χ2n) is 6.41.